The first-order valence-electron chi connectivity index (χ1n) is 5.77. The minimum Gasteiger partial charge on any atom is -0.481 e. The van der Waals surface area contributed by atoms with Crippen molar-refractivity contribution < 1.29 is 4.74 Å². The molecule has 0 aliphatic rings. The van der Waals surface area contributed by atoms with E-state index in [1.807, 2.05) is 6.92 Å². The van der Waals surface area contributed by atoms with Gasteiger partial charge in [-0.3, -0.25) is 0 Å². The molecule has 0 aromatic carbocycles. The number of nitrogens with zero attached hydrogens (tertiary/aromatic N) is 2. The molecule has 1 heterocycles. The zero-order valence-electron chi connectivity index (χ0n) is 10.9. The SMILES string of the molecule is CCC(C)(CCCl)Nc1nc(C)cc(OC)n1. The predicted molar refractivity (Wildman–Crippen MR) is 71.0 cm³/mol. The number of aromatic nitrogens is 2. The lowest BCUT2D eigenvalue weighted by atomic mass is 9.96. The molecule has 0 spiro atoms. The Bertz CT molecular complexity index is 373. The maximum atomic E-state index is 5.82. The fourth-order valence-electron chi connectivity index (χ4n) is 1.51. The first-order chi connectivity index (χ1) is 8.03. The van der Waals surface area contributed by atoms with Crippen LogP contribution in [0.15, 0.2) is 6.07 Å². The fourth-order valence-corrected chi connectivity index (χ4v) is 1.92. The third kappa shape index (κ3) is 4.04. The smallest absolute Gasteiger partial charge is 0.226 e. The third-order valence-electron chi connectivity index (χ3n) is 2.88. The summed E-state index contributed by atoms with van der Waals surface area (Å²) >= 11 is 5.82. The van der Waals surface area contributed by atoms with E-state index in [9.17, 15) is 0 Å². The minimum absolute atomic E-state index is 0.0828. The van der Waals surface area contributed by atoms with Crippen molar-refractivity contribution in [3.8, 4) is 5.88 Å². The van der Waals surface area contributed by atoms with Gasteiger partial charge in [-0.25, -0.2) is 4.98 Å². The van der Waals surface area contributed by atoms with Gasteiger partial charge in [0.15, 0.2) is 0 Å². The normalized spacial score (nSPS) is 14.2. The molecule has 1 aromatic heterocycles. The first kappa shape index (κ1) is 14.0. The third-order valence-corrected chi connectivity index (χ3v) is 3.07. The standard InChI is InChI=1S/C12H20ClN3O/c1-5-12(3,6-7-13)16-11-14-9(2)8-10(15-11)17-4/h8H,5-7H2,1-4H3,(H,14,15,16). The molecular formula is C12H20ClN3O. The molecule has 1 rings (SSSR count). The molecule has 0 saturated heterocycles. The Hall–Kier alpha value is -1.03. The van der Waals surface area contributed by atoms with Crippen molar-refractivity contribution in [1.82, 2.24) is 9.97 Å². The highest BCUT2D eigenvalue weighted by atomic mass is 35.5. The molecule has 0 saturated carbocycles. The van der Waals surface area contributed by atoms with Crippen LogP contribution in [-0.4, -0.2) is 28.5 Å². The van der Waals surface area contributed by atoms with Crippen LogP contribution in [0, 0.1) is 6.92 Å². The van der Waals surface area contributed by atoms with E-state index in [0.717, 1.165) is 18.5 Å². The van der Waals surface area contributed by atoms with Crippen LogP contribution in [0.1, 0.15) is 32.4 Å². The summed E-state index contributed by atoms with van der Waals surface area (Å²) < 4.78 is 5.13. The summed E-state index contributed by atoms with van der Waals surface area (Å²) in [5.41, 5.74) is 0.796. The van der Waals surface area contributed by atoms with Gasteiger partial charge in [0.1, 0.15) is 0 Å². The molecule has 0 amide bonds. The number of ether oxygens (including phenoxy) is 1. The van der Waals surface area contributed by atoms with E-state index in [2.05, 4.69) is 29.1 Å². The largest absolute Gasteiger partial charge is 0.481 e. The van der Waals surface area contributed by atoms with Gasteiger partial charge in [-0.1, -0.05) is 6.92 Å². The zero-order valence-corrected chi connectivity index (χ0v) is 11.6. The predicted octanol–water partition coefficient (Wildman–Crippen LogP) is 3.00. The van der Waals surface area contributed by atoms with Crippen LogP contribution in [0.3, 0.4) is 0 Å². The minimum atomic E-state index is -0.0828. The lowest BCUT2D eigenvalue weighted by molar-refractivity contribution is 0.395. The number of aryl methyl sites for hydroxylation is 1. The second-order valence-corrected chi connectivity index (χ2v) is 4.73. The summed E-state index contributed by atoms with van der Waals surface area (Å²) in [5.74, 6) is 1.78. The van der Waals surface area contributed by atoms with Crippen LogP contribution in [0.2, 0.25) is 0 Å². The summed E-state index contributed by atoms with van der Waals surface area (Å²) in [6.45, 7) is 6.15. The van der Waals surface area contributed by atoms with Gasteiger partial charge in [-0.15, -0.1) is 11.6 Å². The van der Waals surface area contributed by atoms with Crippen molar-refractivity contribution >= 4 is 17.5 Å². The van der Waals surface area contributed by atoms with Crippen molar-refractivity contribution in [2.45, 2.75) is 39.2 Å². The number of hydrogen-bond donors (Lipinski definition) is 1. The number of methoxy groups -OCH3 is 1. The molecule has 96 valence electrons. The number of rotatable bonds is 6. The molecule has 1 aromatic rings. The van der Waals surface area contributed by atoms with Gasteiger partial charge in [0.25, 0.3) is 0 Å². The van der Waals surface area contributed by atoms with Crippen molar-refractivity contribution in [2.24, 2.45) is 0 Å². The van der Waals surface area contributed by atoms with Crippen LogP contribution in [0.5, 0.6) is 5.88 Å². The van der Waals surface area contributed by atoms with Crippen LogP contribution in [0.25, 0.3) is 0 Å². The van der Waals surface area contributed by atoms with E-state index in [4.69, 9.17) is 16.3 Å². The van der Waals surface area contributed by atoms with E-state index in [1.54, 1.807) is 13.2 Å². The Morgan fingerprint density at radius 3 is 2.71 bits per heavy atom. The van der Waals surface area contributed by atoms with Gasteiger partial charge in [-0.2, -0.15) is 4.98 Å². The lowest BCUT2D eigenvalue weighted by Gasteiger charge is -2.29. The highest BCUT2D eigenvalue weighted by Crippen LogP contribution is 2.21. The van der Waals surface area contributed by atoms with Crippen molar-refractivity contribution in [3.63, 3.8) is 0 Å². The Morgan fingerprint density at radius 1 is 1.47 bits per heavy atom. The Labute approximate surface area is 108 Å². The molecule has 0 fully saturated rings. The topological polar surface area (TPSA) is 47.0 Å². The molecular weight excluding hydrogens is 238 g/mol. The lowest BCUT2D eigenvalue weighted by Crippen LogP contribution is -2.35. The van der Waals surface area contributed by atoms with E-state index >= 15 is 0 Å². The molecule has 1 unspecified atom stereocenters. The summed E-state index contributed by atoms with van der Waals surface area (Å²) in [5, 5.41) is 3.33. The van der Waals surface area contributed by atoms with Crippen LogP contribution < -0.4 is 10.1 Å². The second-order valence-electron chi connectivity index (χ2n) is 4.35. The van der Waals surface area contributed by atoms with Crippen molar-refractivity contribution in [2.75, 3.05) is 18.3 Å². The van der Waals surface area contributed by atoms with E-state index in [-0.39, 0.29) is 5.54 Å². The number of anilines is 1. The second kappa shape index (κ2) is 6.05. The number of halogens is 1. The maximum absolute atomic E-state index is 5.82. The maximum Gasteiger partial charge on any atom is 0.226 e. The van der Waals surface area contributed by atoms with Gasteiger partial charge < -0.3 is 10.1 Å². The molecule has 5 heteroatoms. The van der Waals surface area contributed by atoms with Crippen LogP contribution in [-0.2, 0) is 0 Å². The van der Waals surface area contributed by atoms with Gasteiger partial charge in [0, 0.05) is 23.2 Å². The Balaban J connectivity index is 2.89. The zero-order chi connectivity index (χ0) is 12.9. The average Bonchev–Trinajstić information content (AvgIpc) is 2.28. The van der Waals surface area contributed by atoms with Gasteiger partial charge in [0.05, 0.1) is 7.11 Å². The van der Waals surface area contributed by atoms with E-state index in [1.165, 1.54) is 0 Å². The van der Waals surface area contributed by atoms with Gasteiger partial charge in [0.2, 0.25) is 11.8 Å². The van der Waals surface area contributed by atoms with E-state index < -0.39 is 0 Å². The summed E-state index contributed by atoms with van der Waals surface area (Å²) in [6.07, 6.45) is 1.82. The molecule has 1 N–H and O–H groups in total. The monoisotopic (exact) mass is 257 g/mol. The summed E-state index contributed by atoms with van der Waals surface area (Å²) in [4.78, 5) is 8.63. The fraction of sp³-hybridized carbons (Fsp3) is 0.667. The Kier molecular flexibility index (Phi) is 5.00. The number of alkyl halides is 1. The quantitative estimate of drug-likeness (QED) is 0.796. The van der Waals surface area contributed by atoms with Gasteiger partial charge >= 0.3 is 0 Å². The summed E-state index contributed by atoms with van der Waals surface area (Å²) in [7, 11) is 1.60. The van der Waals surface area contributed by atoms with E-state index in [0.29, 0.717) is 17.7 Å². The van der Waals surface area contributed by atoms with Crippen molar-refractivity contribution in [1.29, 1.82) is 0 Å². The van der Waals surface area contributed by atoms with Crippen molar-refractivity contribution in [3.05, 3.63) is 11.8 Å². The highest BCUT2D eigenvalue weighted by molar-refractivity contribution is 6.17. The molecule has 4 nitrogen and oxygen atoms in total. The Morgan fingerprint density at radius 2 is 2.18 bits per heavy atom. The van der Waals surface area contributed by atoms with Crippen LogP contribution >= 0.6 is 11.6 Å². The molecule has 17 heavy (non-hydrogen) atoms. The average molecular weight is 258 g/mol. The number of hydrogen-bond acceptors (Lipinski definition) is 4. The summed E-state index contributed by atoms with van der Waals surface area (Å²) in [6, 6.07) is 1.80. The highest BCUT2D eigenvalue weighted by Gasteiger charge is 2.22. The molecule has 1 atom stereocenters. The molecule has 0 aliphatic carbocycles. The molecule has 0 aliphatic heterocycles. The molecule has 0 bridgehead atoms. The molecule has 0 radical (unpaired) electrons. The van der Waals surface area contributed by atoms with Gasteiger partial charge in [-0.05, 0) is 26.7 Å². The first-order valence-corrected chi connectivity index (χ1v) is 6.30. The number of nitrogens with one attached hydrogen (secondary N) is 1. The van der Waals surface area contributed by atoms with Crippen LogP contribution in [0.4, 0.5) is 5.95 Å².